The molecule has 1 fully saturated rings. The number of aliphatic hydroxyl groups is 1. The molecule has 8 heteroatoms. The summed E-state index contributed by atoms with van der Waals surface area (Å²) in [5.41, 5.74) is 2.52. The number of aryl methyl sites for hydroxylation is 2. The largest absolute Gasteiger partial charge is 0.507 e. The molecule has 0 aromatic heterocycles. The lowest BCUT2D eigenvalue weighted by Gasteiger charge is -2.26. The number of rotatable bonds is 5. The lowest BCUT2D eigenvalue weighted by molar-refractivity contribution is -0.132. The van der Waals surface area contributed by atoms with Gasteiger partial charge >= 0.3 is 0 Å². The number of Topliss-reactive ketones (excluding diaryl/α,β-unsaturated/α-hetero) is 1. The van der Waals surface area contributed by atoms with Crippen molar-refractivity contribution in [3.05, 3.63) is 87.4 Å². The van der Waals surface area contributed by atoms with Crippen LogP contribution >= 0.6 is 11.6 Å². The Hall–Kier alpha value is -3.97. The van der Waals surface area contributed by atoms with Crippen LogP contribution in [-0.4, -0.2) is 36.1 Å². The van der Waals surface area contributed by atoms with Crippen LogP contribution in [0.4, 0.5) is 5.69 Å². The van der Waals surface area contributed by atoms with Gasteiger partial charge in [-0.15, -0.1) is 0 Å². The molecule has 1 aliphatic heterocycles. The Labute approximate surface area is 207 Å². The first kappa shape index (κ1) is 24.2. The van der Waals surface area contributed by atoms with Crippen LogP contribution in [-0.2, 0) is 9.59 Å². The van der Waals surface area contributed by atoms with E-state index in [-0.39, 0.29) is 28.4 Å². The van der Waals surface area contributed by atoms with Crippen molar-refractivity contribution in [3.8, 4) is 17.2 Å². The summed E-state index contributed by atoms with van der Waals surface area (Å²) in [6, 6.07) is 13.6. The van der Waals surface area contributed by atoms with Crippen LogP contribution in [0.2, 0.25) is 5.02 Å². The molecule has 0 radical (unpaired) electrons. The van der Waals surface area contributed by atoms with E-state index >= 15 is 0 Å². The fourth-order valence-corrected chi connectivity index (χ4v) is 4.65. The van der Waals surface area contributed by atoms with Crippen LogP contribution in [0.3, 0.4) is 0 Å². The van der Waals surface area contributed by atoms with Crippen molar-refractivity contribution >= 4 is 34.7 Å². The second-order valence-electron chi connectivity index (χ2n) is 8.24. The van der Waals surface area contributed by atoms with E-state index in [1.54, 1.807) is 36.4 Å². The maximum absolute atomic E-state index is 13.4. The van der Waals surface area contributed by atoms with Crippen LogP contribution < -0.4 is 14.4 Å². The molecule has 2 N–H and O–H groups in total. The van der Waals surface area contributed by atoms with Crippen LogP contribution in [0.15, 0.2) is 60.2 Å². The highest BCUT2D eigenvalue weighted by Gasteiger charge is 2.47. The molecule has 1 amide bonds. The van der Waals surface area contributed by atoms with E-state index in [9.17, 15) is 19.8 Å². The molecule has 0 aliphatic carbocycles. The number of ketones is 1. The van der Waals surface area contributed by atoms with E-state index in [0.29, 0.717) is 22.0 Å². The number of hydrogen-bond acceptors (Lipinski definition) is 6. The summed E-state index contributed by atoms with van der Waals surface area (Å²) in [5.74, 6) is -1.65. The number of amides is 1. The zero-order valence-electron chi connectivity index (χ0n) is 19.6. The van der Waals surface area contributed by atoms with Crippen molar-refractivity contribution in [3.63, 3.8) is 0 Å². The zero-order valence-corrected chi connectivity index (χ0v) is 20.4. The van der Waals surface area contributed by atoms with Gasteiger partial charge in [-0.3, -0.25) is 14.5 Å². The lowest BCUT2D eigenvalue weighted by atomic mass is 9.93. The van der Waals surface area contributed by atoms with Gasteiger partial charge in [0.05, 0.1) is 31.4 Å². The predicted molar refractivity (Wildman–Crippen MR) is 133 cm³/mol. The van der Waals surface area contributed by atoms with Gasteiger partial charge in [-0.2, -0.15) is 0 Å². The third-order valence-corrected chi connectivity index (χ3v) is 6.16. The normalized spacial score (nSPS) is 17.1. The van der Waals surface area contributed by atoms with E-state index < -0.39 is 17.7 Å². The molecule has 1 saturated heterocycles. The van der Waals surface area contributed by atoms with Gasteiger partial charge in [0, 0.05) is 10.7 Å². The third-order valence-electron chi connectivity index (χ3n) is 5.93. The predicted octanol–water partition coefficient (Wildman–Crippen LogP) is 5.31. The number of hydrogen-bond donors (Lipinski definition) is 2. The van der Waals surface area contributed by atoms with Crippen molar-refractivity contribution in [2.24, 2.45) is 0 Å². The molecule has 0 bridgehead atoms. The number of nitrogens with zero attached hydrogens (tertiary/aromatic N) is 1. The molecular formula is C27H24ClNO6. The molecular weight excluding hydrogens is 470 g/mol. The highest BCUT2D eigenvalue weighted by Crippen LogP contribution is 2.45. The zero-order chi connectivity index (χ0) is 25.4. The number of phenols is 1. The fraction of sp³-hybridized carbons (Fsp3) is 0.185. The van der Waals surface area contributed by atoms with Crippen LogP contribution in [0.25, 0.3) is 5.76 Å². The standard InChI is InChI=1S/C27H24ClNO6/c1-14-10-15(2)26(35-4)19(11-14)24(31)22-23(16-8-9-21(34-3)20(30)12-16)29(27(33)25(22)32)18-7-5-6-17(28)13-18/h5-13,23,30-31H,1-4H3/b24-22+. The number of carbonyl (C=O) groups is 2. The molecule has 1 heterocycles. The van der Waals surface area contributed by atoms with Crippen molar-refractivity contribution in [2.45, 2.75) is 19.9 Å². The number of ether oxygens (including phenoxy) is 2. The van der Waals surface area contributed by atoms with Gasteiger partial charge in [0.25, 0.3) is 11.7 Å². The quantitative estimate of drug-likeness (QED) is 0.284. The summed E-state index contributed by atoms with van der Waals surface area (Å²) in [7, 11) is 2.89. The van der Waals surface area contributed by atoms with Crippen LogP contribution in [0.5, 0.6) is 17.2 Å². The van der Waals surface area contributed by atoms with E-state index in [1.165, 1.54) is 31.3 Å². The van der Waals surface area contributed by atoms with Gasteiger partial charge in [-0.25, -0.2) is 0 Å². The smallest absolute Gasteiger partial charge is 0.300 e. The summed E-state index contributed by atoms with van der Waals surface area (Å²) in [4.78, 5) is 28.0. The molecule has 1 unspecified atom stereocenters. The number of anilines is 1. The Morgan fingerprint density at radius 3 is 2.37 bits per heavy atom. The second kappa shape index (κ2) is 9.35. The molecule has 4 rings (SSSR count). The van der Waals surface area contributed by atoms with Gasteiger partial charge < -0.3 is 19.7 Å². The van der Waals surface area contributed by atoms with Crippen molar-refractivity contribution < 1.29 is 29.3 Å². The second-order valence-corrected chi connectivity index (χ2v) is 8.68. The molecule has 180 valence electrons. The first-order valence-electron chi connectivity index (χ1n) is 10.8. The summed E-state index contributed by atoms with van der Waals surface area (Å²) >= 11 is 6.18. The van der Waals surface area contributed by atoms with Gasteiger partial charge in [0.1, 0.15) is 11.5 Å². The molecule has 0 spiro atoms. The molecule has 3 aromatic carbocycles. The van der Waals surface area contributed by atoms with Gasteiger partial charge in [-0.05, 0) is 66.9 Å². The summed E-state index contributed by atoms with van der Waals surface area (Å²) in [6.45, 7) is 3.68. The van der Waals surface area contributed by atoms with E-state index in [0.717, 1.165) is 11.1 Å². The summed E-state index contributed by atoms with van der Waals surface area (Å²) < 4.78 is 10.7. The minimum Gasteiger partial charge on any atom is -0.507 e. The Morgan fingerprint density at radius 2 is 1.74 bits per heavy atom. The topological polar surface area (TPSA) is 96.3 Å². The van der Waals surface area contributed by atoms with Crippen LogP contribution in [0.1, 0.15) is 28.3 Å². The highest BCUT2D eigenvalue weighted by molar-refractivity contribution is 6.52. The number of carbonyl (C=O) groups excluding carboxylic acids is 2. The number of aliphatic hydroxyl groups excluding tert-OH is 1. The Kier molecular flexibility index (Phi) is 6.45. The van der Waals surface area contributed by atoms with Gasteiger partial charge in [0.2, 0.25) is 0 Å². The van der Waals surface area contributed by atoms with Crippen molar-refractivity contribution in [1.82, 2.24) is 0 Å². The minimum atomic E-state index is -1.05. The van der Waals surface area contributed by atoms with E-state index in [4.69, 9.17) is 21.1 Å². The SMILES string of the molecule is COc1ccc(C2/C(=C(\O)c3cc(C)cc(C)c3OC)C(=O)C(=O)N2c2cccc(Cl)c2)cc1O. The maximum atomic E-state index is 13.4. The number of aromatic hydroxyl groups is 1. The maximum Gasteiger partial charge on any atom is 0.300 e. The van der Waals surface area contributed by atoms with E-state index in [1.807, 2.05) is 19.9 Å². The number of benzene rings is 3. The molecule has 35 heavy (non-hydrogen) atoms. The number of methoxy groups -OCH3 is 2. The fourth-order valence-electron chi connectivity index (χ4n) is 4.46. The van der Waals surface area contributed by atoms with Crippen molar-refractivity contribution in [1.29, 1.82) is 0 Å². The number of phenolic OH excluding ortho intramolecular Hbond substituents is 1. The van der Waals surface area contributed by atoms with Crippen molar-refractivity contribution in [2.75, 3.05) is 19.1 Å². The Balaban J connectivity index is 2.03. The monoisotopic (exact) mass is 493 g/mol. The molecule has 3 aromatic rings. The average Bonchev–Trinajstić information content (AvgIpc) is 3.08. The summed E-state index contributed by atoms with van der Waals surface area (Å²) in [5, 5.41) is 22.3. The Morgan fingerprint density at radius 1 is 1.00 bits per heavy atom. The average molecular weight is 494 g/mol. The molecule has 0 saturated carbocycles. The molecule has 7 nitrogen and oxygen atoms in total. The first-order valence-corrected chi connectivity index (χ1v) is 11.1. The lowest BCUT2D eigenvalue weighted by Crippen LogP contribution is -2.29. The van der Waals surface area contributed by atoms with Crippen LogP contribution in [0, 0.1) is 13.8 Å². The Bertz CT molecular complexity index is 1380. The number of halogens is 1. The summed E-state index contributed by atoms with van der Waals surface area (Å²) in [6.07, 6.45) is 0. The van der Waals surface area contributed by atoms with Gasteiger partial charge in [-0.1, -0.05) is 29.8 Å². The van der Waals surface area contributed by atoms with E-state index in [2.05, 4.69) is 0 Å². The molecule has 1 atom stereocenters. The first-order chi connectivity index (χ1) is 16.7. The molecule has 1 aliphatic rings. The minimum absolute atomic E-state index is 0.136. The highest BCUT2D eigenvalue weighted by atomic mass is 35.5. The third kappa shape index (κ3) is 4.19. The van der Waals surface area contributed by atoms with Gasteiger partial charge in [0.15, 0.2) is 11.5 Å².